The summed E-state index contributed by atoms with van der Waals surface area (Å²) >= 11 is 0. The number of nitrogens with one attached hydrogen (secondary N) is 1. The maximum Gasteiger partial charge on any atom is 0.0574 e. The van der Waals surface area contributed by atoms with Crippen molar-refractivity contribution in [2.75, 3.05) is 0 Å². The predicted octanol–water partition coefficient (Wildman–Crippen LogP) is 6.80. The van der Waals surface area contributed by atoms with Crippen LogP contribution < -0.4 is 5.32 Å². The normalized spacial score (nSPS) is 24.9. The molecule has 2 aliphatic rings. The van der Waals surface area contributed by atoms with Crippen LogP contribution in [0.1, 0.15) is 83.1 Å². The fraction of sp³-hybridized carbons (Fsp3) is 0.643. The van der Waals surface area contributed by atoms with Crippen LogP contribution in [0, 0.1) is 17.8 Å². The highest BCUT2D eigenvalue weighted by molar-refractivity contribution is 5.15. The Bertz CT molecular complexity index is 648. The van der Waals surface area contributed by atoms with E-state index in [4.69, 9.17) is 0 Å². The Morgan fingerprint density at radius 3 is 2.63 bits per heavy atom. The summed E-state index contributed by atoms with van der Waals surface area (Å²) in [4.78, 5) is 0. The van der Waals surface area contributed by atoms with E-state index >= 15 is 0 Å². The highest BCUT2D eigenvalue weighted by atomic mass is 16.3. The highest BCUT2D eigenvalue weighted by Crippen LogP contribution is 2.37. The summed E-state index contributed by atoms with van der Waals surface area (Å²) in [6.07, 6.45) is 19.2. The lowest BCUT2D eigenvalue weighted by Gasteiger charge is -2.20. The third kappa shape index (κ3) is 8.30. The quantitative estimate of drug-likeness (QED) is 0.261. The molecule has 4 atom stereocenters. The average molecular weight is 410 g/mol. The molecule has 2 aliphatic carbocycles. The first-order chi connectivity index (χ1) is 14.6. The number of hydrogen-bond acceptors (Lipinski definition) is 2. The van der Waals surface area contributed by atoms with Crippen molar-refractivity contribution in [2.45, 2.75) is 96.1 Å². The molecule has 0 aromatic heterocycles. The van der Waals surface area contributed by atoms with Gasteiger partial charge in [0.2, 0.25) is 0 Å². The third-order valence-corrected chi connectivity index (χ3v) is 7.01. The fourth-order valence-electron chi connectivity index (χ4n) is 4.85. The van der Waals surface area contributed by atoms with Crippen LogP contribution in [0.25, 0.3) is 0 Å². The summed E-state index contributed by atoms with van der Waals surface area (Å²) in [6, 6.07) is 11.5. The fourth-order valence-corrected chi connectivity index (χ4v) is 4.85. The third-order valence-electron chi connectivity index (χ3n) is 7.01. The summed E-state index contributed by atoms with van der Waals surface area (Å²) in [7, 11) is 0. The molecule has 0 spiro atoms. The Balaban J connectivity index is 1.30. The Labute approximate surface area is 184 Å². The minimum Gasteiger partial charge on any atom is -0.393 e. The molecule has 2 heteroatoms. The molecule has 0 radical (unpaired) electrons. The molecule has 166 valence electrons. The van der Waals surface area contributed by atoms with Crippen LogP contribution in [0.15, 0.2) is 54.8 Å². The number of aryl methyl sites for hydroxylation is 1. The molecule has 0 bridgehead atoms. The molecular weight excluding hydrogens is 366 g/mol. The molecule has 1 aromatic carbocycles. The van der Waals surface area contributed by atoms with Crippen molar-refractivity contribution in [1.29, 1.82) is 0 Å². The zero-order chi connectivity index (χ0) is 21.2. The molecule has 2 nitrogen and oxygen atoms in total. The Hall–Kier alpha value is -1.54. The lowest BCUT2D eigenvalue weighted by atomic mass is 9.88. The van der Waals surface area contributed by atoms with E-state index in [1.807, 2.05) is 0 Å². The monoisotopic (exact) mass is 409 g/mol. The minimum absolute atomic E-state index is 0.0956. The van der Waals surface area contributed by atoms with Crippen LogP contribution in [0.5, 0.6) is 0 Å². The van der Waals surface area contributed by atoms with Gasteiger partial charge in [-0.25, -0.2) is 0 Å². The van der Waals surface area contributed by atoms with Gasteiger partial charge in [0.05, 0.1) is 6.10 Å². The molecule has 3 rings (SSSR count). The SMILES string of the molecule is C=C(CCCCCC[C@@H]1C(/C=C/[C@@H](C)CCc2ccccc2)CC[C@@H]1O)NC1CC1. The maximum atomic E-state index is 10.5. The van der Waals surface area contributed by atoms with Gasteiger partial charge >= 0.3 is 0 Å². The van der Waals surface area contributed by atoms with Gasteiger partial charge in [0, 0.05) is 11.7 Å². The van der Waals surface area contributed by atoms with E-state index in [1.54, 1.807) is 0 Å². The van der Waals surface area contributed by atoms with Crippen LogP contribution in [0.3, 0.4) is 0 Å². The van der Waals surface area contributed by atoms with Gasteiger partial charge in [-0.3, -0.25) is 0 Å². The van der Waals surface area contributed by atoms with Gasteiger partial charge in [-0.05, 0) is 81.1 Å². The summed E-state index contributed by atoms with van der Waals surface area (Å²) in [5, 5.41) is 14.0. The van der Waals surface area contributed by atoms with Gasteiger partial charge in [0.25, 0.3) is 0 Å². The summed E-state index contributed by atoms with van der Waals surface area (Å²) < 4.78 is 0. The lowest BCUT2D eigenvalue weighted by molar-refractivity contribution is 0.117. The number of aliphatic hydroxyl groups excluding tert-OH is 1. The van der Waals surface area contributed by atoms with Gasteiger partial charge in [0.1, 0.15) is 0 Å². The smallest absolute Gasteiger partial charge is 0.0574 e. The maximum absolute atomic E-state index is 10.5. The Morgan fingerprint density at radius 2 is 1.87 bits per heavy atom. The first kappa shape index (κ1) is 23.1. The highest BCUT2D eigenvalue weighted by Gasteiger charge is 2.32. The molecule has 2 saturated carbocycles. The van der Waals surface area contributed by atoms with E-state index in [1.165, 1.54) is 62.6 Å². The summed E-state index contributed by atoms with van der Waals surface area (Å²) in [5.74, 6) is 1.64. The Kier molecular flexibility index (Phi) is 9.52. The van der Waals surface area contributed by atoms with E-state index in [9.17, 15) is 5.11 Å². The minimum atomic E-state index is -0.0956. The number of aliphatic hydroxyl groups is 1. The number of benzene rings is 1. The van der Waals surface area contributed by atoms with Crippen LogP contribution in [-0.4, -0.2) is 17.3 Å². The largest absolute Gasteiger partial charge is 0.393 e. The van der Waals surface area contributed by atoms with Crippen molar-refractivity contribution >= 4 is 0 Å². The zero-order valence-corrected chi connectivity index (χ0v) is 19.1. The van der Waals surface area contributed by atoms with Crippen molar-refractivity contribution in [2.24, 2.45) is 17.8 Å². The van der Waals surface area contributed by atoms with Crippen LogP contribution in [-0.2, 0) is 6.42 Å². The van der Waals surface area contributed by atoms with Gasteiger partial charge in [-0.1, -0.05) is 75.2 Å². The molecule has 0 saturated heterocycles. The van der Waals surface area contributed by atoms with Crippen molar-refractivity contribution in [1.82, 2.24) is 5.32 Å². The molecule has 0 amide bonds. The van der Waals surface area contributed by atoms with E-state index in [0.29, 0.717) is 17.8 Å². The van der Waals surface area contributed by atoms with Crippen molar-refractivity contribution in [3.8, 4) is 0 Å². The Morgan fingerprint density at radius 1 is 1.10 bits per heavy atom. The summed E-state index contributed by atoms with van der Waals surface area (Å²) in [6.45, 7) is 6.47. The molecule has 1 unspecified atom stereocenters. The first-order valence-corrected chi connectivity index (χ1v) is 12.5. The molecular formula is C28H43NO. The van der Waals surface area contributed by atoms with Gasteiger partial charge in [0.15, 0.2) is 0 Å². The summed E-state index contributed by atoms with van der Waals surface area (Å²) in [5.41, 5.74) is 2.66. The van der Waals surface area contributed by atoms with E-state index in [-0.39, 0.29) is 6.10 Å². The molecule has 0 aliphatic heterocycles. The van der Waals surface area contributed by atoms with Gasteiger partial charge in [-0.15, -0.1) is 0 Å². The van der Waals surface area contributed by atoms with Crippen molar-refractivity contribution in [3.63, 3.8) is 0 Å². The molecule has 0 heterocycles. The second kappa shape index (κ2) is 12.3. The number of rotatable bonds is 14. The lowest BCUT2D eigenvalue weighted by Crippen LogP contribution is -2.18. The van der Waals surface area contributed by atoms with E-state index in [0.717, 1.165) is 31.7 Å². The topological polar surface area (TPSA) is 32.3 Å². The predicted molar refractivity (Wildman–Crippen MR) is 128 cm³/mol. The van der Waals surface area contributed by atoms with E-state index in [2.05, 4.69) is 61.3 Å². The number of hydrogen-bond donors (Lipinski definition) is 2. The van der Waals surface area contributed by atoms with Crippen LogP contribution in [0.2, 0.25) is 0 Å². The van der Waals surface area contributed by atoms with Gasteiger partial charge < -0.3 is 10.4 Å². The standard InChI is InChI=1S/C28H43NO/c1-22(14-16-24-11-7-5-8-12-24)15-17-25-18-21-28(30)27(25)13-9-4-3-6-10-23(2)29-26-19-20-26/h5,7-8,11-12,15,17,22,25-30H,2-4,6,9-10,13-14,16,18-21H2,1H3/b17-15+/t22-,25?,27+,28-/m0/s1. The van der Waals surface area contributed by atoms with E-state index < -0.39 is 0 Å². The second-order valence-corrected chi connectivity index (χ2v) is 9.83. The first-order valence-electron chi connectivity index (χ1n) is 12.5. The zero-order valence-electron chi connectivity index (χ0n) is 19.1. The molecule has 1 aromatic rings. The van der Waals surface area contributed by atoms with Crippen LogP contribution >= 0.6 is 0 Å². The molecule has 2 N–H and O–H groups in total. The van der Waals surface area contributed by atoms with Crippen molar-refractivity contribution < 1.29 is 5.11 Å². The molecule has 30 heavy (non-hydrogen) atoms. The van der Waals surface area contributed by atoms with Crippen molar-refractivity contribution in [3.05, 3.63) is 60.3 Å². The van der Waals surface area contributed by atoms with Crippen LogP contribution in [0.4, 0.5) is 0 Å². The van der Waals surface area contributed by atoms with Gasteiger partial charge in [-0.2, -0.15) is 0 Å². The molecule has 2 fully saturated rings. The number of allylic oxidation sites excluding steroid dienone is 3. The second-order valence-electron chi connectivity index (χ2n) is 9.83. The average Bonchev–Trinajstić information content (AvgIpc) is 3.50. The number of unbranched alkanes of at least 4 members (excludes halogenated alkanes) is 3.